The van der Waals surface area contributed by atoms with Crippen molar-refractivity contribution in [2.75, 3.05) is 49.7 Å². The van der Waals surface area contributed by atoms with Gasteiger partial charge in [-0.05, 0) is 18.6 Å². The minimum absolute atomic E-state index is 0.00289. The largest absolute Gasteiger partial charge is 0.476 e. The van der Waals surface area contributed by atoms with Crippen LogP contribution in [0.4, 0.5) is 16.4 Å². The lowest BCUT2D eigenvalue weighted by molar-refractivity contribution is -0.848. The van der Waals surface area contributed by atoms with Crippen molar-refractivity contribution in [1.82, 2.24) is 10.3 Å². The lowest BCUT2D eigenvalue weighted by atomic mass is 10.3. The Balaban J connectivity index is 2.64. The van der Waals surface area contributed by atoms with E-state index in [1.165, 1.54) is 13.0 Å². The van der Waals surface area contributed by atoms with Crippen LogP contribution in [0.5, 0.6) is 0 Å². The molecule has 2 heterocycles. The molecule has 1 saturated heterocycles. The zero-order valence-corrected chi connectivity index (χ0v) is 17.1. The fourth-order valence-corrected chi connectivity index (χ4v) is 2.79. The predicted octanol–water partition coefficient (Wildman–Crippen LogP) is -1.68. The number of nitrogens with one attached hydrogen (secondary N) is 2. The van der Waals surface area contributed by atoms with Gasteiger partial charge in [-0.2, -0.15) is 8.42 Å². The smallest absolute Gasteiger partial charge is 0.438 e. The van der Waals surface area contributed by atoms with Gasteiger partial charge >= 0.3 is 28.1 Å². The Bertz CT molecular complexity index is 915. The summed E-state index contributed by atoms with van der Waals surface area (Å²) in [5.41, 5.74) is 0. The van der Waals surface area contributed by atoms with Gasteiger partial charge in [0.25, 0.3) is 11.7 Å². The van der Waals surface area contributed by atoms with Gasteiger partial charge < -0.3 is 19.7 Å². The van der Waals surface area contributed by atoms with Gasteiger partial charge in [-0.15, -0.1) is 0 Å². The van der Waals surface area contributed by atoms with Crippen LogP contribution in [0.3, 0.4) is 0 Å². The van der Waals surface area contributed by atoms with Crippen molar-refractivity contribution in [2.24, 2.45) is 0 Å². The first-order valence-electron chi connectivity index (χ1n) is 8.89. The minimum Gasteiger partial charge on any atom is -0.438 e. The molecule has 166 valence electrons. The second-order valence-corrected chi connectivity index (χ2v) is 6.76. The molecule has 15 heteroatoms. The number of nitrogens with zero attached hydrogens (tertiary/aromatic N) is 3. The molecule has 3 N–H and O–H groups in total. The van der Waals surface area contributed by atoms with Crippen molar-refractivity contribution in [3.63, 3.8) is 0 Å². The number of morpholine rings is 1. The van der Waals surface area contributed by atoms with Crippen LogP contribution in [0.2, 0.25) is 0 Å². The van der Waals surface area contributed by atoms with E-state index in [2.05, 4.69) is 19.9 Å². The average Bonchev–Trinajstić information content (AvgIpc) is 2.68. The third-order valence-corrected chi connectivity index (χ3v) is 3.99. The van der Waals surface area contributed by atoms with Crippen molar-refractivity contribution >= 4 is 39.8 Å². The van der Waals surface area contributed by atoms with E-state index in [0.29, 0.717) is 26.3 Å². The normalized spacial score (nSPS) is 14.0. The number of Topliss-reactive ketones (excluding diaryl/α,β-unsaturated/α-hetero) is 1. The van der Waals surface area contributed by atoms with Gasteiger partial charge in [0.2, 0.25) is 5.82 Å². The van der Waals surface area contributed by atoms with Gasteiger partial charge in [-0.3, -0.25) is 14.1 Å². The number of hydrogen-bond acceptors (Lipinski definition) is 10. The summed E-state index contributed by atoms with van der Waals surface area (Å²) in [6.07, 6.45) is -0.999. The highest BCUT2D eigenvalue weighted by molar-refractivity contribution is 7.80. The first-order chi connectivity index (χ1) is 14.2. The van der Waals surface area contributed by atoms with E-state index in [9.17, 15) is 22.8 Å². The Morgan fingerprint density at radius 3 is 2.53 bits per heavy atom. The van der Waals surface area contributed by atoms with E-state index in [0.717, 1.165) is 0 Å². The number of rotatable bonds is 8. The number of carbonyl (C=O) groups excluding carboxylic acids is 3. The maximum absolute atomic E-state index is 12.6. The number of aromatic nitrogens is 2. The summed E-state index contributed by atoms with van der Waals surface area (Å²) >= 11 is 0. The molecule has 0 bridgehead atoms. The van der Waals surface area contributed by atoms with Crippen LogP contribution in [-0.4, -0.2) is 75.2 Å². The number of carbonyl (C=O) groups is 3. The van der Waals surface area contributed by atoms with Gasteiger partial charge in [0, 0.05) is 19.6 Å². The van der Waals surface area contributed by atoms with E-state index in [1.807, 2.05) is 0 Å². The first-order valence-corrected chi connectivity index (χ1v) is 10.3. The van der Waals surface area contributed by atoms with Crippen LogP contribution >= 0.6 is 0 Å². The molecule has 1 fully saturated rings. The number of anilines is 2. The number of ketones is 1. The van der Waals surface area contributed by atoms with Crippen molar-refractivity contribution in [3.05, 3.63) is 11.9 Å². The summed E-state index contributed by atoms with van der Waals surface area (Å²) in [6.45, 7) is 4.69. The Morgan fingerprint density at radius 2 is 1.97 bits per heavy atom. The average molecular weight is 448 g/mol. The number of likely N-dealkylation sites (N-methyl/N-ethyl adjacent to an activating group) is 1. The molecular formula is C15H22N5O9S+. The molecule has 14 nitrogen and oxygen atoms in total. The van der Waals surface area contributed by atoms with Gasteiger partial charge in [-0.1, -0.05) is 4.98 Å². The third kappa shape index (κ3) is 6.23. The lowest BCUT2D eigenvalue weighted by Crippen LogP contribution is -2.55. The minimum atomic E-state index is -5.17. The van der Waals surface area contributed by atoms with Crippen molar-refractivity contribution in [3.8, 4) is 0 Å². The third-order valence-electron chi connectivity index (χ3n) is 3.65. The highest BCUT2D eigenvalue weighted by Crippen LogP contribution is 2.17. The molecule has 1 aliphatic heterocycles. The van der Waals surface area contributed by atoms with Crippen molar-refractivity contribution < 1.29 is 45.8 Å². The highest BCUT2D eigenvalue weighted by atomic mass is 32.3. The fraction of sp³-hybridized carbons (Fsp3) is 0.533. The summed E-state index contributed by atoms with van der Waals surface area (Å²) < 4.78 is 46.4. The molecule has 0 unspecified atom stereocenters. The van der Waals surface area contributed by atoms with Crippen LogP contribution in [0.25, 0.3) is 0 Å². The fourth-order valence-electron chi connectivity index (χ4n) is 2.45. The summed E-state index contributed by atoms with van der Waals surface area (Å²) in [6, 6.07) is 1.20. The molecule has 1 aromatic heterocycles. The maximum atomic E-state index is 12.6. The van der Waals surface area contributed by atoms with E-state index in [-0.39, 0.29) is 23.7 Å². The molecular weight excluding hydrogens is 426 g/mol. The summed E-state index contributed by atoms with van der Waals surface area (Å²) in [4.78, 5) is 42.3. The van der Waals surface area contributed by atoms with E-state index in [1.54, 1.807) is 11.8 Å². The van der Waals surface area contributed by atoms with Gasteiger partial charge in [0.1, 0.15) is 0 Å². The molecule has 1 aromatic rings. The van der Waals surface area contributed by atoms with E-state index in [4.69, 9.17) is 14.0 Å². The van der Waals surface area contributed by atoms with E-state index >= 15 is 0 Å². The monoisotopic (exact) mass is 448 g/mol. The zero-order valence-electron chi connectivity index (χ0n) is 16.3. The molecule has 0 aromatic carbocycles. The Hall–Kier alpha value is -3.04. The summed E-state index contributed by atoms with van der Waals surface area (Å²) in [5.74, 6) is -3.45. The number of ether oxygens (including phenoxy) is 2. The second kappa shape index (κ2) is 10.1. The molecule has 0 saturated carbocycles. The van der Waals surface area contributed by atoms with Gasteiger partial charge in [0.15, 0.2) is 0 Å². The molecule has 2 rings (SSSR count). The van der Waals surface area contributed by atoms with Crippen LogP contribution < -0.4 is 24.5 Å². The SMILES string of the molecule is CCNC(=O)C(=O)c1nc(N2CCOCC2)cc(NC(=O)OCC)[n+]1OS(=O)(=O)O. The first kappa shape index (κ1) is 23.2. The van der Waals surface area contributed by atoms with Crippen LogP contribution in [-0.2, 0) is 24.7 Å². The zero-order chi connectivity index (χ0) is 22.3. The molecule has 0 radical (unpaired) electrons. The summed E-state index contributed by atoms with van der Waals surface area (Å²) in [5, 5.41) is 4.46. The summed E-state index contributed by atoms with van der Waals surface area (Å²) in [7, 11) is -5.17. The Labute approximate surface area is 172 Å². The predicted molar refractivity (Wildman–Crippen MR) is 99.3 cm³/mol. The van der Waals surface area contributed by atoms with E-state index < -0.39 is 39.8 Å². The second-order valence-electron chi connectivity index (χ2n) is 5.75. The maximum Gasteiger partial charge on any atom is 0.476 e. The van der Waals surface area contributed by atoms with Crippen LogP contribution in [0.1, 0.15) is 24.5 Å². The Morgan fingerprint density at radius 1 is 1.30 bits per heavy atom. The molecule has 0 spiro atoms. The number of hydrogen-bond donors (Lipinski definition) is 3. The molecule has 1 aliphatic rings. The Kier molecular flexibility index (Phi) is 7.85. The topological polar surface area (TPSA) is 177 Å². The molecule has 2 amide bonds. The van der Waals surface area contributed by atoms with Crippen molar-refractivity contribution in [1.29, 1.82) is 0 Å². The quantitative estimate of drug-likeness (QED) is 0.179. The lowest BCUT2D eigenvalue weighted by Gasteiger charge is -2.26. The number of amides is 2. The van der Waals surface area contributed by atoms with Crippen LogP contribution in [0.15, 0.2) is 6.07 Å². The standard InChI is InChI=1S/C15H21N5O9S/c1-3-16-14(22)12(21)13-17-10(19-5-7-27-8-6-19)9-11(18-15(23)28-4-2)20(13)29-30(24,25)26/h9H,3-8H2,1-2H3,(H2,16,22,24,25,26)/p+1. The van der Waals surface area contributed by atoms with Crippen LogP contribution in [0, 0.1) is 0 Å². The molecule has 0 atom stereocenters. The van der Waals surface area contributed by atoms with Gasteiger partial charge in [-0.25, -0.2) is 14.4 Å². The highest BCUT2D eigenvalue weighted by Gasteiger charge is 2.35. The molecule has 0 aliphatic carbocycles. The molecule has 30 heavy (non-hydrogen) atoms. The van der Waals surface area contributed by atoms with Crippen molar-refractivity contribution in [2.45, 2.75) is 13.8 Å². The van der Waals surface area contributed by atoms with Gasteiger partial charge in [0.05, 0.1) is 25.9 Å².